The van der Waals surface area contributed by atoms with Gasteiger partial charge in [-0.1, -0.05) is 29.8 Å². The Bertz CT molecular complexity index is 659. The number of aliphatic hydroxyl groups is 1. The normalized spacial score (nSPS) is 20.9. The second-order valence-electron chi connectivity index (χ2n) is 5.66. The molecule has 0 fully saturated rings. The van der Waals surface area contributed by atoms with Crippen molar-refractivity contribution in [2.24, 2.45) is 5.73 Å². The first kappa shape index (κ1) is 14.4. The molecule has 0 aliphatic heterocycles. The van der Waals surface area contributed by atoms with E-state index < -0.39 is 5.54 Å². The van der Waals surface area contributed by atoms with Crippen LogP contribution in [-0.2, 0) is 12.8 Å². The van der Waals surface area contributed by atoms with Gasteiger partial charge in [-0.15, -0.1) is 0 Å². The monoisotopic (exact) mass is 303 g/mol. The Hall–Kier alpha value is -1.55. The lowest BCUT2D eigenvalue weighted by Crippen LogP contribution is -2.48. The van der Waals surface area contributed by atoms with Crippen LogP contribution in [0.2, 0.25) is 5.02 Å². The zero-order valence-corrected chi connectivity index (χ0v) is 12.4. The molecule has 3 nitrogen and oxygen atoms in total. The first-order valence-electron chi connectivity index (χ1n) is 7.04. The summed E-state index contributed by atoms with van der Waals surface area (Å²) in [6, 6.07) is 13.4. The SMILES string of the molecule is NC1(CO)CCc2cc(Oc3ccccc3Cl)ccc2C1. The molecule has 1 aliphatic rings. The van der Waals surface area contributed by atoms with Crippen molar-refractivity contribution in [3.05, 3.63) is 58.6 Å². The molecular weight excluding hydrogens is 286 g/mol. The van der Waals surface area contributed by atoms with E-state index in [1.807, 2.05) is 36.4 Å². The van der Waals surface area contributed by atoms with Crippen molar-refractivity contribution in [3.63, 3.8) is 0 Å². The Labute approximate surface area is 129 Å². The van der Waals surface area contributed by atoms with Crippen molar-refractivity contribution in [2.45, 2.75) is 24.8 Å². The number of benzene rings is 2. The zero-order valence-electron chi connectivity index (χ0n) is 11.7. The van der Waals surface area contributed by atoms with Gasteiger partial charge >= 0.3 is 0 Å². The molecule has 4 heteroatoms. The van der Waals surface area contributed by atoms with Gasteiger partial charge in [-0.3, -0.25) is 0 Å². The maximum atomic E-state index is 9.39. The summed E-state index contributed by atoms with van der Waals surface area (Å²) in [5.41, 5.74) is 8.08. The van der Waals surface area contributed by atoms with E-state index in [0.29, 0.717) is 17.2 Å². The standard InChI is InChI=1S/C17H18ClNO2/c18-15-3-1-2-4-16(15)21-14-6-5-13-10-17(19,11-20)8-7-12(13)9-14/h1-6,9,20H,7-8,10-11,19H2. The fraction of sp³-hybridized carbons (Fsp3) is 0.294. The third-order valence-electron chi connectivity index (χ3n) is 3.99. The summed E-state index contributed by atoms with van der Waals surface area (Å²) < 4.78 is 5.84. The minimum absolute atomic E-state index is 0.0182. The van der Waals surface area contributed by atoms with E-state index in [-0.39, 0.29) is 6.61 Å². The van der Waals surface area contributed by atoms with Crippen LogP contribution >= 0.6 is 11.6 Å². The number of rotatable bonds is 3. The van der Waals surface area contributed by atoms with Crippen molar-refractivity contribution in [3.8, 4) is 11.5 Å². The van der Waals surface area contributed by atoms with Gasteiger partial charge < -0.3 is 15.6 Å². The predicted molar refractivity (Wildman–Crippen MR) is 84.0 cm³/mol. The molecule has 0 bridgehead atoms. The van der Waals surface area contributed by atoms with Gasteiger partial charge in [0.2, 0.25) is 0 Å². The van der Waals surface area contributed by atoms with Gasteiger partial charge in [0.05, 0.1) is 11.6 Å². The molecule has 0 saturated heterocycles. The number of fused-ring (bicyclic) bond motifs is 1. The third-order valence-corrected chi connectivity index (χ3v) is 4.30. The number of aryl methyl sites for hydroxylation is 1. The summed E-state index contributed by atoms with van der Waals surface area (Å²) in [4.78, 5) is 0. The quantitative estimate of drug-likeness (QED) is 0.914. The molecule has 21 heavy (non-hydrogen) atoms. The number of ether oxygens (including phenoxy) is 1. The van der Waals surface area contributed by atoms with Crippen LogP contribution in [0.15, 0.2) is 42.5 Å². The lowest BCUT2D eigenvalue weighted by atomic mass is 9.79. The van der Waals surface area contributed by atoms with Crippen LogP contribution in [0.3, 0.4) is 0 Å². The number of halogens is 1. The highest BCUT2D eigenvalue weighted by Crippen LogP contribution is 2.33. The van der Waals surface area contributed by atoms with E-state index in [4.69, 9.17) is 22.1 Å². The molecule has 1 unspecified atom stereocenters. The third kappa shape index (κ3) is 3.05. The lowest BCUT2D eigenvalue weighted by Gasteiger charge is -2.33. The van der Waals surface area contributed by atoms with Crippen LogP contribution in [0, 0.1) is 0 Å². The van der Waals surface area contributed by atoms with Crippen LogP contribution in [0.1, 0.15) is 17.5 Å². The Morgan fingerprint density at radius 2 is 2.00 bits per heavy atom. The van der Waals surface area contributed by atoms with Crippen molar-refractivity contribution in [1.82, 2.24) is 0 Å². The van der Waals surface area contributed by atoms with Crippen molar-refractivity contribution in [2.75, 3.05) is 6.61 Å². The van der Waals surface area contributed by atoms with Gasteiger partial charge in [-0.25, -0.2) is 0 Å². The summed E-state index contributed by atoms with van der Waals surface area (Å²) >= 11 is 6.10. The summed E-state index contributed by atoms with van der Waals surface area (Å²) in [7, 11) is 0. The second kappa shape index (κ2) is 5.68. The minimum atomic E-state index is -0.488. The number of nitrogens with two attached hydrogens (primary N) is 1. The Kier molecular flexibility index (Phi) is 3.89. The average molecular weight is 304 g/mol. The van der Waals surface area contributed by atoms with Crippen molar-refractivity contribution in [1.29, 1.82) is 0 Å². The molecular formula is C17H18ClNO2. The molecule has 3 N–H and O–H groups in total. The largest absolute Gasteiger partial charge is 0.456 e. The van der Waals surface area contributed by atoms with Gasteiger partial charge in [0.25, 0.3) is 0 Å². The highest BCUT2D eigenvalue weighted by Gasteiger charge is 2.29. The summed E-state index contributed by atoms with van der Waals surface area (Å²) in [5.74, 6) is 1.42. The first-order valence-corrected chi connectivity index (χ1v) is 7.41. The summed E-state index contributed by atoms with van der Waals surface area (Å²) in [5, 5.41) is 9.99. The summed E-state index contributed by atoms with van der Waals surface area (Å²) in [6.45, 7) is 0.0182. The first-order chi connectivity index (χ1) is 10.1. The highest BCUT2D eigenvalue weighted by molar-refractivity contribution is 6.32. The van der Waals surface area contributed by atoms with E-state index in [1.165, 1.54) is 11.1 Å². The van der Waals surface area contributed by atoms with Gasteiger partial charge in [-0.2, -0.15) is 0 Å². The second-order valence-corrected chi connectivity index (χ2v) is 6.07. The fourth-order valence-corrected chi connectivity index (χ4v) is 2.89. The Morgan fingerprint density at radius 3 is 2.76 bits per heavy atom. The smallest absolute Gasteiger partial charge is 0.146 e. The van der Waals surface area contributed by atoms with Crippen LogP contribution in [-0.4, -0.2) is 17.3 Å². The molecule has 0 amide bonds. The highest BCUT2D eigenvalue weighted by atomic mass is 35.5. The maximum absolute atomic E-state index is 9.39. The molecule has 0 spiro atoms. The van der Waals surface area contributed by atoms with Crippen LogP contribution < -0.4 is 10.5 Å². The van der Waals surface area contributed by atoms with Gasteiger partial charge in [0.15, 0.2) is 0 Å². The van der Waals surface area contributed by atoms with E-state index in [9.17, 15) is 5.11 Å². The van der Waals surface area contributed by atoms with E-state index in [1.54, 1.807) is 6.07 Å². The molecule has 1 aliphatic carbocycles. The fourth-order valence-electron chi connectivity index (χ4n) is 2.71. The number of aliphatic hydroxyl groups excluding tert-OH is 1. The van der Waals surface area contributed by atoms with Crippen LogP contribution in [0.5, 0.6) is 11.5 Å². The molecule has 2 aromatic carbocycles. The number of hydrogen-bond donors (Lipinski definition) is 2. The molecule has 0 saturated carbocycles. The zero-order chi connectivity index (χ0) is 14.9. The summed E-state index contributed by atoms with van der Waals surface area (Å²) in [6.07, 6.45) is 2.34. The van der Waals surface area contributed by atoms with E-state index >= 15 is 0 Å². The topological polar surface area (TPSA) is 55.5 Å². The molecule has 1 atom stereocenters. The number of para-hydroxylation sites is 1. The van der Waals surface area contributed by atoms with Crippen molar-refractivity contribution >= 4 is 11.6 Å². The van der Waals surface area contributed by atoms with Gasteiger partial charge in [0, 0.05) is 5.54 Å². The van der Waals surface area contributed by atoms with E-state index in [0.717, 1.165) is 18.6 Å². The Morgan fingerprint density at radius 1 is 1.19 bits per heavy atom. The lowest BCUT2D eigenvalue weighted by molar-refractivity contribution is 0.181. The van der Waals surface area contributed by atoms with Crippen molar-refractivity contribution < 1.29 is 9.84 Å². The van der Waals surface area contributed by atoms with Gasteiger partial charge in [-0.05, 0) is 54.7 Å². The predicted octanol–water partition coefficient (Wildman–Crippen LogP) is 3.31. The van der Waals surface area contributed by atoms with Crippen LogP contribution in [0.25, 0.3) is 0 Å². The average Bonchev–Trinajstić information content (AvgIpc) is 2.50. The molecule has 0 heterocycles. The molecule has 110 valence electrons. The maximum Gasteiger partial charge on any atom is 0.146 e. The van der Waals surface area contributed by atoms with E-state index in [2.05, 4.69) is 0 Å². The van der Waals surface area contributed by atoms with Gasteiger partial charge in [0.1, 0.15) is 11.5 Å². The minimum Gasteiger partial charge on any atom is -0.456 e. The molecule has 3 rings (SSSR count). The number of hydrogen-bond acceptors (Lipinski definition) is 3. The molecule has 0 aromatic heterocycles. The molecule has 2 aromatic rings. The van der Waals surface area contributed by atoms with Crippen LogP contribution in [0.4, 0.5) is 0 Å². The molecule has 0 radical (unpaired) electrons. The Balaban J connectivity index is 1.83.